The summed E-state index contributed by atoms with van der Waals surface area (Å²) in [6.45, 7) is 4.44. The van der Waals surface area contributed by atoms with E-state index in [0.29, 0.717) is 44.0 Å². The van der Waals surface area contributed by atoms with Gasteiger partial charge in [-0.3, -0.25) is 0 Å². The van der Waals surface area contributed by atoms with Gasteiger partial charge in [-0.1, -0.05) is 12.2 Å². The fourth-order valence-electron chi connectivity index (χ4n) is 4.27. The molecule has 3 aliphatic rings. The molecule has 2 fully saturated rings. The maximum absolute atomic E-state index is 6.20. The number of aromatic nitrogens is 3. The molecule has 4 rings (SSSR count). The summed E-state index contributed by atoms with van der Waals surface area (Å²) >= 11 is 0. The molecule has 0 amide bonds. The third-order valence-corrected chi connectivity index (χ3v) is 5.54. The van der Waals surface area contributed by atoms with Crippen molar-refractivity contribution in [1.29, 1.82) is 0 Å². The van der Waals surface area contributed by atoms with Gasteiger partial charge in [-0.15, -0.1) is 0 Å². The van der Waals surface area contributed by atoms with Gasteiger partial charge in [0.25, 0.3) is 0 Å². The lowest BCUT2D eigenvalue weighted by molar-refractivity contribution is 0.441. The van der Waals surface area contributed by atoms with Crippen molar-refractivity contribution in [3.8, 4) is 0 Å². The maximum Gasteiger partial charge on any atom is 0.232 e. The van der Waals surface area contributed by atoms with Crippen LogP contribution >= 0.6 is 0 Å². The van der Waals surface area contributed by atoms with Crippen LogP contribution < -0.4 is 37.6 Å². The highest BCUT2D eigenvalue weighted by molar-refractivity contribution is 5.48. The SMILES string of the molecule is N[C@@H]1C[C@H](N)CN(c2nc(N3CC=CCC3)nc(N3C[C@H](N)C[C@H](N)C3)n2)C1. The molecule has 154 valence electrons. The highest BCUT2D eigenvalue weighted by Crippen LogP contribution is 2.24. The summed E-state index contributed by atoms with van der Waals surface area (Å²) in [4.78, 5) is 20.7. The molecular formula is C18H32N10. The predicted octanol–water partition coefficient (Wildman–Crippen LogP) is -1.63. The average Bonchev–Trinajstić information content (AvgIpc) is 2.67. The molecule has 1 aromatic rings. The number of rotatable bonds is 3. The van der Waals surface area contributed by atoms with Gasteiger partial charge in [0, 0.05) is 63.4 Å². The van der Waals surface area contributed by atoms with Gasteiger partial charge in [0.15, 0.2) is 0 Å². The Balaban J connectivity index is 1.67. The molecule has 0 saturated carbocycles. The average molecular weight is 389 g/mol. The molecule has 0 bridgehead atoms. The molecule has 0 spiro atoms. The second-order valence-corrected chi connectivity index (χ2v) is 8.26. The highest BCUT2D eigenvalue weighted by atomic mass is 15.4. The van der Waals surface area contributed by atoms with Crippen LogP contribution in [0.2, 0.25) is 0 Å². The first kappa shape index (κ1) is 19.3. The lowest BCUT2D eigenvalue weighted by Gasteiger charge is -2.37. The number of piperidine rings is 2. The van der Waals surface area contributed by atoms with E-state index < -0.39 is 0 Å². The molecule has 8 N–H and O–H groups in total. The molecule has 0 radical (unpaired) electrons. The van der Waals surface area contributed by atoms with Crippen molar-refractivity contribution in [2.75, 3.05) is 54.0 Å². The zero-order valence-electron chi connectivity index (χ0n) is 16.3. The predicted molar refractivity (Wildman–Crippen MR) is 111 cm³/mol. The lowest BCUT2D eigenvalue weighted by Crippen LogP contribution is -2.54. The Bertz CT molecular complexity index is 645. The van der Waals surface area contributed by atoms with Crippen LogP contribution in [0, 0.1) is 0 Å². The van der Waals surface area contributed by atoms with Crippen molar-refractivity contribution in [3.05, 3.63) is 12.2 Å². The van der Waals surface area contributed by atoms with Crippen LogP contribution in [0.15, 0.2) is 12.2 Å². The highest BCUT2D eigenvalue weighted by Gasteiger charge is 2.29. The summed E-state index contributed by atoms with van der Waals surface area (Å²) in [6, 6.07) is 0.0636. The van der Waals surface area contributed by atoms with Gasteiger partial charge in [0.2, 0.25) is 17.8 Å². The van der Waals surface area contributed by atoms with Gasteiger partial charge in [0.1, 0.15) is 0 Å². The van der Waals surface area contributed by atoms with Crippen LogP contribution in [-0.4, -0.2) is 78.4 Å². The van der Waals surface area contributed by atoms with Crippen LogP contribution in [0.1, 0.15) is 19.3 Å². The topological polar surface area (TPSA) is 152 Å². The van der Waals surface area contributed by atoms with Crippen LogP contribution in [0.4, 0.5) is 17.8 Å². The number of nitrogens with two attached hydrogens (primary N) is 4. The van der Waals surface area contributed by atoms with E-state index in [4.69, 9.17) is 37.9 Å². The third kappa shape index (κ3) is 4.35. The number of hydrogen-bond donors (Lipinski definition) is 4. The largest absolute Gasteiger partial charge is 0.338 e. The van der Waals surface area contributed by atoms with Crippen molar-refractivity contribution in [3.63, 3.8) is 0 Å². The molecule has 28 heavy (non-hydrogen) atoms. The Morgan fingerprint density at radius 1 is 0.643 bits per heavy atom. The van der Waals surface area contributed by atoms with Crippen molar-refractivity contribution in [2.24, 2.45) is 22.9 Å². The minimum absolute atomic E-state index is 0.0159. The second-order valence-electron chi connectivity index (χ2n) is 8.26. The van der Waals surface area contributed by atoms with Crippen LogP contribution in [0.5, 0.6) is 0 Å². The Hall–Kier alpha value is -2.01. The summed E-state index contributed by atoms with van der Waals surface area (Å²) in [6.07, 6.45) is 6.94. The summed E-state index contributed by atoms with van der Waals surface area (Å²) in [7, 11) is 0. The fraction of sp³-hybridized carbons (Fsp3) is 0.722. The zero-order valence-corrected chi connectivity index (χ0v) is 16.3. The Morgan fingerprint density at radius 2 is 1.07 bits per heavy atom. The molecular weight excluding hydrogens is 356 g/mol. The van der Waals surface area contributed by atoms with Gasteiger partial charge in [-0.25, -0.2) is 0 Å². The first-order chi connectivity index (χ1) is 13.5. The number of anilines is 3. The van der Waals surface area contributed by atoms with E-state index in [0.717, 1.165) is 32.4 Å². The summed E-state index contributed by atoms with van der Waals surface area (Å²) in [5.41, 5.74) is 24.8. The van der Waals surface area contributed by atoms with Crippen molar-refractivity contribution in [2.45, 2.75) is 43.4 Å². The molecule has 0 aliphatic carbocycles. The molecule has 2 saturated heterocycles. The molecule has 10 nitrogen and oxygen atoms in total. The summed E-state index contributed by atoms with van der Waals surface area (Å²) < 4.78 is 0. The van der Waals surface area contributed by atoms with E-state index in [9.17, 15) is 0 Å². The minimum Gasteiger partial charge on any atom is -0.338 e. The van der Waals surface area contributed by atoms with Gasteiger partial charge in [0.05, 0.1) is 0 Å². The van der Waals surface area contributed by atoms with E-state index in [1.54, 1.807) is 0 Å². The smallest absolute Gasteiger partial charge is 0.232 e. The molecule has 0 aromatic carbocycles. The quantitative estimate of drug-likeness (QED) is 0.444. The molecule has 0 unspecified atom stereocenters. The summed E-state index contributed by atoms with van der Waals surface area (Å²) in [5, 5.41) is 0. The van der Waals surface area contributed by atoms with E-state index in [1.807, 2.05) is 0 Å². The number of nitrogens with zero attached hydrogens (tertiary/aromatic N) is 6. The van der Waals surface area contributed by atoms with E-state index in [-0.39, 0.29) is 24.2 Å². The van der Waals surface area contributed by atoms with Crippen LogP contribution in [-0.2, 0) is 0 Å². The molecule has 4 heterocycles. The Labute approximate surface area is 165 Å². The second kappa shape index (κ2) is 8.16. The molecule has 3 aliphatic heterocycles. The first-order valence-electron chi connectivity index (χ1n) is 10.2. The monoisotopic (exact) mass is 388 g/mol. The van der Waals surface area contributed by atoms with Crippen molar-refractivity contribution >= 4 is 17.8 Å². The van der Waals surface area contributed by atoms with E-state index in [1.165, 1.54) is 0 Å². The maximum atomic E-state index is 6.20. The van der Waals surface area contributed by atoms with Gasteiger partial charge in [-0.2, -0.15) is 15.0 Å². The Morgan fingerprint density at radius 3 is 1.46 bits per heavy atom. The Kier molecular flexibility index (Phi) is 5.63. The van der Waals surface area contributed by atoms with Crippen molar-refractivity contribution in [1.82, 2.24) is 15.0 Å². The van der Waals surface area contributed by atoms with Gasteiger partial charge >= 0.3 is 0 Å². The third-order valence-electron chi connectivity index (χ3n) is 5.54. The van der Waals surface area contributed by atoms with E-state index in [2.05, 4.69) is 26.9 Å². The fourth-order valence-corrected chi connectivity index (χ4v) is 4.27. The normalized spacial score (nSPS) is 31.4. The van der Waals surface area contributed by atoms with Gasteiger partial charge < -0.3 is 37.6 Å². The molecule has 10 heteroatoms. The molecule has 1 aromatic heterocycles. The minimum atomic E-state index is 0.0159. The first-order valence-corrected chi connectivity index (χ1v) is 10.2. The van der Waals surface area contributed by atoms with Crippen LogP contribution in [0.25, 0.3) is 0 Å². The number of hydrogen-bond acceptors (Lipinski definition) is 10. The van der Waals surface area contributed by atoms with Crippen molar-refractivity contribution < 1.29 is 0 Å². The van der Waals surface area contributed by atoms with Gasteiger partial charge in [-0.05, 0) is 19.3 Å². The molecule has 4 atom stereocenters. The van der Waals surface area contributed by atoms with E-state index >= 15 is 0 Å². The standard InChI is InChI=1S/C18H32N10/c19-12-6-13(20)9-27(8-12)17-23-16(26-4-2-1-3-5-26)24-18(25-17)28-10-14(21)7-15(22)11-28/h1-2,12-15H,3-11,19-22H2/t12-,13+,14-,15+. The van der Waals surface area contributed by atoms with Crippen LogP contribution in [0.3, 0.4) is 0 Å². The lowest BCUT2D eigenvalue weighted by atomic mass is 10.0. The zero-order chi connectivity index (χ0) is 19.7. The summed E-state index contributed by atoms with van der Waals surface area (Å²) in [5.74, 6) is 1.95.